The number of rotatable bonds is 3. The summed E-state index contributed by atoms with van der Waals surface area (Å²) in [6.45, 7) is 4.80. The highest BCUT2D eigenvalue weighted by Crippen LogP contribution is 2.43. The van der Waals surface area contributed by atoms with Gasteiger partial charge in [-0.1, -0.05) is 78.9 Å². The molecule has 2 heteroatoms. The largest absolute Gasteiger partial charge is 0.368 e. The Morgan fingerprint density at radius 3 is 2.00 bits per heavy atom. The third-order valence-corrected chi connectivity index (χ3v) is 7.53. The van der Waals surface area contributed by atoms with Gasteiger partial charge in [0.2, 0.25) is 0 Å². The minimum absolute atomic E-state index is 0.313. The van der Waals surface area contributed by atoms with E-state index in [1.165, 1.54) is 10.8 Å². The maximum Gasteiger partial charge on any atom is 0.117 e. The number of ether oxygens (including phenoxy) is 1. The summed E-state index contributed by atoms with van der Waals surface area (Å²) in [6.07, 6.45) is 0.313. The Labute approximate surface area is 109 Å². The number of hydrogen-bond donors (Lipinski definition) is 0. The zero-order valence-corrected chi connectivity index (χ0v) is 11.8. The van der Waals surface area contributed by atoms with Gasteiger partial charge in [0.15, 0.2) is 0 Å². The van der Waals surface area contributed by atoms with Crippen molar-refractivity contribution in [3.63, 3.8) is 0 Å². The van der Waals surface area contributed by atoms with E-state index in [0.29, 0.717) is 11.8 Å². The van der Waals surface area contributed by atoms with E-state index < -0.39 is 8.07 Å². The first-order valence-electron chi connectivity index (χ1n) is 6.45. The van der Waals surface area contributed by atoms with Gasteiger partial charge >= 0.3 is 0 Å². The molecule has 0 unspecified atom stereocenters. The van der Waals surface area contributed by atoms with Crippen LogP contribution >= 0.6 is 0 Å². The molecule has 0 aliphatic carbocycles. The van der Waals surface area contributed by atoms with E-state index >= 15 is 0 Å². The van der Waals surface area contributed by atoms with Crippen LogP contribution in [0.2, 0.25) is 13.1 Å². The summed E-state index contributed by atoms with van der Waals surface area (Å²) in [4.78, 5) is 0. The average Bonchev–Trinajstić information content (AvgIpc) is 3.22. The van der Waals surface area contributed by atoms with Crippen molar-refractivity contribution in [2.24, 2.45) is 0 Å². The SMILES string of the molecule is C[Si](C)(c1ccccc1)[C@@H]1O[C@H]1c1ccccc1. The predicted octanol–water partition coefficient (Wildman–Crippen LogP) is 3.28. The summed E-state index contributed by atoms with van der Waals surface area (Å²) < 4.78 is 5.98. The molecule has 1 nitrogen and oxygen atoms in total. The van der Waals surface area contributed by atoms with Gasteiger partial charge in [-0.3, -0.25) is 0 Å². The molecule has 0 amide bonds. The highest BCUT2D eigenvalue weighted by atomic mass is 28.3. The Morgan fingerprint density at radius 1 is 0.833 bits per heavy atom. The van der Waals surface area contributed by atoms with Gasteiger partial charge in [0.1, 0.15) is 14.2 Å². The van der Waals surface area contributed by atoms with Crippen molar-refractivity contribution in [3.8, 4) is 0 Å². The van der Waals surface area contributed by atoms with E-state index in [9.17, 15) is 0 Å². The molecule has 2 aromatic rings. The highest BCUT2D eigenvalue weighted by Gasteiger charge is 2.52. The summed E-state index contributed by atoms with van der Waals surface area (Å²) in [7, 11) is -1.51. The molecule has 1 fully saturated rings. The van der Waals surface area contributed by atoms with Crippen LogP contribution in [0.25, 0.3) is 0 Å². The van der Waals surface area contributed by atoms with Crippen LogP contribution in [-0.2, 0) is 4.74 Å². The van der Waals surface area contributed by atoms with E-state index in [-0.39, 0.29) is 0 Å². The maximum atomic E-state index is 5.98. The average molecular weight is 254 g/mol. The van der Waals surface area contributed by atoms with E-state index in [1.807, 2.05) is 0 Å². The first-order chi connectivity index (χ1) is 8.69. The van der Waals surface area contributed by atoms with Crippen molar-refractivity contribution in [1.29, 1.82) is 0 Å². The molecule has 92 valence electrons. The number of benzene rings is 2. The van der Waals surface area contributed by atoms with Crippen LogP contribution < -0.4 is 5.19 Å². The van der Waals surface area contributed by atoms with Gasteiger partial charge in [-0.05, 0) is 5.56 Å². The summed E-state index contributed by atoms with van der Waals surface area (Å²) in [5.74, 6) is 0. The zero-order valence-electron chi connectivity index (χ0n) is 10.8. The third-order valence-electron chi connectivity index (χ3n) is 3.85. The molecular weight excluding hydrogens is 236 g/mol. The summed E-state index contributed by atoms with van der Waals surface area (Å²) in [5.41, 5.74) is 1.74. The van der Waals surface area contributed by atoms with E-state index in [1.54, 1.807) is 0 Å². The fourth-order valence-corrected chi connectivity index (χ4v) is 5.41. The minimum atomic E-state index is -1.51. The standard InChI is InChI=1S/C16H18OSi/c1-18(2,14-11-7-4-8-12-14)16-15(17-16)13-9-5-3-6-10-13/h3-12,15-16H,1-2H3/t15-,16-/m0/s1. The van der Waals surface area contributed by atoms with Gasteiger partial charge in [-0.15, -0.1) is 0 Å². The Morgan fingerprint density at radius 2 is 1.39 bits per heavy atom. The van der Waals surface area contributed by atoms with Crippen molar-refractivity contribution in [2.75, 3.05) is 0 Å². The molecule has 2 atom stereocenters. The Bertz CT molecular complexity index is 521. The second-order valence-electron chi connectivity index (χ2n) is 5.48. The van der Waals surface area contributed by atoms with Crippen molar-refractivity contribution < 1.29 is 4.74 Å². The van der Waals surface area contributed by atoms with Crippen LogP contribution in [0.4, 0.5) is 0 Å². The number of hydrogen-bond acceptors (Lipinski definition) is 1. The second kappa shape index (κ2) is 4.37. The topological polar surface area (TPSA) is 12.5 Å². The monoisotopic (exact) mass is 254 g/mol. The summed E-state index contributed by atoms with van der Waals surface area (Å²) >= 11 is 0. The lowest BCUT2D eigenvalue weighted by Crippen LogP contribution is -2.47. The van der Waals surface area contributed by atoms with Crippen molar-refractivity contribution in [3.05, 3.63) is 66.2 Å². The third kappa shape index (κ3) is 2.02. The molecule has 0 saturated carbocycles. The fraction of sp³-hybridized carbons (Fsp3) is 0.250. The van der Waals surface area contributed by atoms with E-state index in [0.717, 1.165) is 0 Å². The van der Waals surface area contributed by atoms with Crippen LogP contribution in [0.3, 0.4) is 0 Å². The molecular formula is C16H18OSi. The minimum Gasteiger partial charge on any atom is -0.368 e. The molecule has 1 heterocycles. The van der Waals surface area contributed by atoms with Gasteiger partial charge in [0.25, 0.3) is 0 Å². The van der Waals surface area contributed by atoms with E-state index in [4.69, 9.17) is 4.74 Å². The van der Waals surface area contributed by atoms with Crippen molar-refractivity contribution >= 4 is 13.3 Å². The first kappa shape index (κ1) is 11.7. The maximum absolute atomic E-state index is 5.98. The molecule has 1 saturated heterocycles. The Hall–Kier alpha value is -1.38. The molecule has 3 rings (SSSR count). The first-order valence-corrected chi connectivity index (χ1v) is 9.53. The molecule has 0 N–H and O–H groups in total. The predicted molar refractivity (Wildman–Crippen MR) is 77.6 cm³/mol. The molecule has 0 spiro atoms. The lowest BCUT2D eigenvalue weighted by atomic mass is 10.2. The van der Waals surface area contributed by atoms with Gasteiger partial charge in [-0.2, -0.15) is 0 Å². The second-order valence-corrected chi connectivity index (χ2v) is 10.1. The molecule has 18 heavy (non-hydrogen) atoms. The van der Waals surface area contributed by atoms with Gasteiger partial charge < -0.3 is 4.74 Å². The van der Waals surface area contributed by atoms with Crippen LogP contribution in [0.15, 0.2) is 60.7 Å². The summed E-state index contributed by atoms with van der Waals surface area (Å²) in [6, 6.07) is 21.4. The van der Waals surface area contributed by atoms with Gasteiger partial charge in [0.05, 0.1) is 5.73 Å². The lowest BCUT2D eigenvalue weighted by Gasteiger charge is -2.20. The van der Waals surface area contributed by atoms with Crippen molar-refractivity contribution in [1.82, 2.24) is 0 Å². The molecule has 2 aromatic carbocycles. The van der Waals surface area contributed by atoms with Crippen LogP contribution in [0, 0.1) is 0 Å². The lowest BCUT2D eigenvalue weighted by molar-refractivity contribution is 0.401. The molecule has 0 aromatic heterocycles. The number of epoxide rings is 1. The molecule has 0 bridgehead atoms. The van der Waals surface area contributed by atoms with Crippen LogP contribution in [-0.4, -0.2) is 13.8 Å². The smallest absolute Gasteiger partial charge is 0.117 e. The van der Waals surface area contributed by atoms with Gasteiger partial charge in [-0.25, -0.2) is 0 Å². The van der Waals surface area contributed by atoms with Gasteiger partial charge in [0, 0.05) is 0 Å². The van der Waals surface area contributed by atoms with Crippen LogP contribution in [0.1, 0.15) is 11.7 Å². The molecule has 1 aliphatic heterocycles. The quantitative estimate of drug-likeness (QED) is 0.605. The van der Waals surface area contributed by atoms with E-state index in [2.05, 4.69) is 73.8 Å². The highest BCUT2D eigenvalue weighted by molar-refractivity contribution is 6.91. The molecule has 1 aliphatic rings. The van der Waals surface area contributed by atoms with Crippen LogP contribution in [0.5, 0.6) is 0 Å². The Kier molecular flexibility index (Phi) is 2.84. The fourth-order valence-electron chi connectivity index (χ4n) is 2.59. The Balaban J connectivity index is 1.82. The zero-order chi connectivity index (χ0) is 12.6. The summed E-state index contributed by atoms with van der Waals surface area (Å²) in [5, 5.41) is 1.48. The van der Waals surface area contributed by atoms with Crippen molar-refractivity contribution in [2.45, 2.75) is 24.9 Å². The molecule has 0 radical (unpaired) electrons. The normalized spacial score (nSPS) is 22.8.